The Labute approximate surface area is 261 Å². The van der Waals surface area contributed by atoms with Crippen molar-refractivity contribution in [1.29, 1.82) is 0 Å². The molecule has 2 aliphatic heterocycles. The Kier molecular flexibility index (Phi) is 11.7. The molecule has 0 bridgehead atoms. The number of phenolic OH excluding ortho intramolecular Hbond substituents is 2. The van der Waals surface area contributed by atoms with Crippen molar-refractivity contribution < 1.29 is 79.2 Å². The molecule has 16 nitrogen and oxygen atoms in total. The van der Waals surface area contributed by atoms with Gasteiger partial charge in [-0.05, 0) is 47.5 Å². The molecule has 0 radical (unpaired) electrons. The molecule has 250 valence electrons. The second-order valence-corrected chi connectivity index (χ2v) is 10.4. The maximum Gasteiger partial charge on any atom is 0.333 e. The zero-order valence-corrected chi connectivity index (χ0v) is 23.9. The van der Waals surface area contributed by atoms with Crippen molar-refractivity contribution in [3.8, 4) is 17.2 Å². The highest BCUT2D eigenvalue weighted by Crippen LogP contribution is 2.27. The number of phenols is 2. The fourth-order valence-electron chi connectivity index (χ4n) is 4.45. The second kappa shape index (κ2) is 15.5. The summed E-state index contributed by atoms with van der Waals surface area (Å²) < 4.78 is 26.3. The molecule has 46 heavy (non-hydrogen) atoms. The topological polar surface area (TPSA) is 262 Å². The van der Waals surface area contributed by atoms with E-state index in [1.54, 1.807) is 0 Å². The van der Waals surface area contributed by atoms with Crippen LogP contribution in [0.4, 0.5) is 0 Å². The molecule has 0 spiro atoms. The van der Waals surface area contributed by atoms with Gasteiger partial charge in [-0.3, -0.25) is 0 Å². The lowest BCUT2D eigenvalue weighted by Crippen LogP contribution is -2.60. The Morgan fingerprint density at radius 1 is 0.674 bits per heavy atom. The van der Waals surface area contributed by atoms with Crippen LogP contribution in [0.3, 0.4) is 0 Å². The number of hydrogen-bond acceptors (Lipinski definition) is 16. The minimum atomic E-state index is -1.75. The standard InChI is InChI=1S/C30H34O16/c31-12-19-23(36)25(38)28(41)30(44-19)46-22(35)10-4-14-1-6-16(7-2-14)43-29-27(40)26(39)24(37)20(45-29)13-42-21(34)9-5-15-3-8-17(32)18(33)11-15/h1-11,19-20,23-33,36-41H,12-13H2/b9-5+,10-4+/t19-,20-,23-,24-,25+,26+,27-,28-,29-,30+/m1/s1. The predicted octanol–water partition coefficient (Wildman–Crippen LogP) is -2.10. The molecule has 0 saturated carbocycles. The number of rotatable bonds is 10. The summed E-state index contributed by atoms with van der Waals surface area (Å²) in [5, 5.41) is 88.8. The lowest BCUT2D eigenvalue weighted by atomic mass is 9.99. The number of aliphatic hydroxyl groups is 7. The van der Waals surface area contributed by atoms with Crippen molar-refractivity contribution >= 4 is 24.1 Å². The van der Waals surface area contributed by atoms with Gasteiger partial charge in [-0.2, -0.15) is 0 Å². The second-order valence-electron chi connectivity index (χ2n) is 10.4. The number of carbonyl (C=O) groups is 2. The number of ether oxygens (including phenoxy) is 5. The van der Waals surface area contributed by atoms with E-state index in [0.29, 0.717) is 11.1 Å². The predicted molar refractivity (Wildman–Crippen MR) is 152 cm³/mol. The van der Waals surface area contributed by atoms with E-state index >= 15 is 0 Å². The third kappa shape index (κ3) is 8.58. The Morgan fingerprint density at radius 2 is 1.24 bits per heavy atom. The zero-order chi connectivity index (χ0) is 33.5. The van der Waals surface area contributed by atoms with E-state index in [-0.39, 0.29) is 17.2 Å². The van der Waals surface area contributed by atoms with Gasteiger partial charge in [0.1, 0.15) is 61.2 Å². The number of carbonyl (C=O) groups excluding carboxylic acids is 2. The highest BCUT2D eigenvalue weighted by Gasteiger charge is 2.46. The van der Waals surface area contributed by atoms with Crippen LogP contribution in [0.1, 0.15) is 11.1 Å². The van der Waals surface area contributed by atoms with E-state index in [4.69, 9.17) is 23.7 Å². The number of benzene rings is 2. The number of hydrogen-bond donors (Lipinski definition) is 9. The maximum absolute atomic E-state index is 12.2. The summed E-state index contributed by atoms with van der Waals surface area (Å²) in [4.78, 5) is 24.4. The number of esters is 2. The molecule has 0 aromatic heterocycles. The van der Waals surface area contributed by atoms with Crippen LogP contribution in [0.15, 0.2) is 54.6 Å². The van der Waals surface area contributed by atoms with Gasteiger partial charge in [-0.15, -0.1) is 0 Å². The summed E-state index contributed by atoms with van der Waals surface area (Å²) in [5.41, 5.74) is 0.863. The van der Waals surface area contributed by atoms with E-state index in [2.05, 4.69) is 0 Å². The van der Waals surface area contributed by atoms with E-state index in [0.717, 1.165) is 12.2 Å². The molecule has 9 N–H and O–H groups in total. The largest absolute Gasteiger partial charge is 0.504 e. The summed E-state index contributed by atoms with van der Waals surface area (Å²) in [7, 11) is 0. The van der Waals surface area contributed by atoms with Gasteiger partial charge in [0.2, 0.25) is 12.6 Å². The minimum Gasteiger partial charge on any atom is -0.504 e. The maximum atomic E-state index is 12.2. The van der Waals surface area contributed by atoms with Crippen LogP contribution in [-0.2, 0) is 28.5 Å². The molecule has 0 amide bonds. The Hall–Kier alpha value is -4.10. The average molecular weight is 651 g/mol. The van der Waals surface area contributed by atoms with Gasteiger partial charge in [0.05, 0.1) is 6.61 Å². The summed E-state index contributed by atoms with van der Waals surface area (Å²) in [5.74, 6) is -2.36. The van der Waals surface area contributed by atoms with Crippen molar-refractivity contribution in [3.05, 3.63) is 65.7 Å². The van der Waals surface area contributed by atoms with Gasteiger partial charge < -0.3 is 69.6 Å². The fraction of sp³-hybridized carbons (Fsp3) is 0.400. The van der Waals surface area contributed by atoms with Crippen LogP contribution < -0.4 is 4.74 Å². The molecule has 2 aliphatic rings. The quantitative estimate of drug-likeness (QED) is 0.0757. The summed E-state index contributed by atoms with van der Waals surface area (Å²) in [6, 6.07) is 9.79. The average Bonchev–Trinajstić information content (AvgIpc) is 3.04. The first-order valence-electron chi connectivity index (χ1n) is 13.9. The van der Waals surface area contributed by atoms with Gasteiger partial charge in [-0.25, -0.2) is 9.59 Å². The van der Waals surface area contributed by atoms with E-state index < -0.39 is 86.6 Å². The fourth-order valence-corrected chi connectivity index (χ4v) is 4.45. The molecule has 0 aliphatic carbocycles. The van der Waals surface area contributed by atoms with Crippen molar-refractivity contribution in [2.45, 2.75) is 61.4 Å². The van der Waals surface area contributed by atoms with Crippen molar-refractivity contribution in [3.63, 3.8) is 0 Å². The zero-order valence-electron chi connectivity index (χ0n) is 23.9. The molecule has 4 rings (SSSR count). The first-order chi connectivity index (χ1) is 21.9. The van der Waals surface area contributed by atoms with Crippen LogP contribution in [0.2, 0.25) is 0 Å². The first kappa shape index (κ1) is 34.8. The first-order valence-corrected chi connectivity index (χ1v) is 13.9. The van der Waals surface area contributed by atoms with Crippen LogP contribution >= 0.6 is 0 Å². The Balaban J connectivity index is 1.29. The molecule has 2 aromatic rings. The highest BCUT2D eigenvalue weighted by molar-refractivity contribution is 5.87. The van der Waals surface area contributed by atoms with Crippen LogP contribution in [0.25, 0.3) is 12.2 Å². The van der Waals surface area contributed by atoms with Crippen molar-refractivity contribution in [2.24, 2.45) is 0 Å². The third-order valence-corrected chi connectivity index (χ3v) is 7.09. The number of aliphatic hydroxyl groups excluding tert-OH is 7. The molecule has 2 saturated heterocycles. The normalized spacial score (nSPS) is 31.5. The lowest BCUT2D eigenvalue weighted by molar-refractivity contribution is -0.291. The molecule has 16 heteroatoms. The Morgan fingerprint density at radius 3 is 1.89 bits per heavy atom. The molecule has 2 fully saturated rings. The smallest absolute Gasteiger partial charge is 0.333 e. The van der Waals surface area contributed by atoms with E-state index in [1.807, 2.05) is 0 Å². The number of aromatic hydroxyl groups is 2. The van der Waals surface area contributed by atoms with Gasteiger partial charge in [0.15, 0.2) is 11.5 Å². The summed E-state index contributed by atoms with van der Waals surface area (Å²) in [6.07, 6.45) is -11.0. The minimum absolute atomic E-state index is 0.157. The van der Waals surface area contributed by atoms with Crippen LogP contribution in [0, 0.1) is 0 Å². The SMILES string of the molecule is O=C(/C=C/c1ccc(O)c(O)c1)OC[C@H]1O[C@@H](Oc2ccc(/C=C/C(=O)O[C@@H]3O[C@H](CO)[C@@H](O)[C@H](O)[C@H]3O)cc2)[C@H](O)[C@@H](O)[C@@H]1O. The molecular weight excluding hydrogens is 616 g/mol. The molecule has 10 atom stereocenters. The highest BCUT2D eigenvalue weighted by atomic mass is 16.7. The van der Waals surface area contributed by atoms with Gasteiger partial charge in [0.25, 0.3) is 0 Å². The molecule has 2 heterocycles. The van der Waals surface area contributed by atoms with Gasteiger partial charge in [0, 0.05) is 12.2 Å². The van der Waals surface area contributed by atoms with E-state index in [9.17, 15) is 55.5 Å². The summed E-state index contributed by atoms with van der Waals surface area (Å²) in [6.45, 7) is -1.20. The van der Waals surface area contributed by atoms with Crippen LogP contribution in [-0.4, -0.2) is 133 Å². The van der Waals surface area contributed by atoms with Gasteiger partial charge >= 0.3 is 11.9 Å². The monoisotopic (exact) mass is 650 g/mol. The van der Waals surface area contributed by atoms with Crippen molar-refractivity contribution in [2.75, 3.05) is 13.2 Å². The third-order valence-electron chi connectivity index (χ3n) is 7.09. The van der Waals surface area contributed by atoms with Gasteiger partial charge in [-0.1, -0.05) is 18.2 Å². The lowest BCUT2D eigenvalue weighted by Gasteiger charge is -2.39. The molecule has 0 unspecified atom stereocenters. The molecule has 2 aromatic carbocycles. The van der Waals surface area contributed by atoms with Crippen LogP contribution in [0.5, 0.6) is 17.2 Å². The Bertz CT molecular complexity index is 1390. The van der Waals surface area contributed by atoms with E-state index in [1.165, 1.54) is 54.6 Å². The summed E-state index contributed by atoms with van der Waals surface area (Å²) >= 11 is 0. The van der Waals surface area contributed by atoms with Crippen molar-refractivity contribution in [1.82, 2.24) is 0 Å². The molecular formula is C30H34O16.